The molecule has 0 spiro atoms. The van der Waals surface area contributed by atoms with Crippen LogP contribution in [0, 0.1) is 23.2 Å². The molecule has 2 aliphatic rings. The second-order valence-electron chi connectivity index (χ2n) is 15.6. The molecule has 21 nitrogen and oxygen atoms in total. The molecule has 0 aromatic carbocycles. The minimum absolute atomic E-state index is 0.0328. The van der Waals surface area contributed by atoms with Crippen LogP contribution >= 0.6 is 16.1 Å². The molecule has 3 aromatic heterocycles. The Balaban J connectivity index is 1.52. The SMILES string of the molecule is CC(C)C(=O)Nc1nc2c(ncn2[C@@H]2O[C@H](CO)C(O[Si](C)(C)C(C)(C)C)[C@H]2OP(=O)(OCCC#N)OC[C@H]2C[C@@H](Nc3ccncn3)C[C@@H]2O[PH](=O)O)c(=O)[nH]1. The van der Waals surface area contributed by atoms with Crippen molar-refractivity contribution < 1.29 is 51.2 Å². The number of anilines is 2. The second-order valence-corrected chi connectivity index (χ2v) is 22.8. The second kappa shape index (κ2) is 18.6. The standard InChI is InChI=1S/C33H51N9O12P2Si/c1-19(2)29(44)40-32-39-28-25(30(45)41-32)37-18-42(28)31-27(26(23(15-43)51-31)54-57(6,7)33(3,4)5)53-56(48,49-12-8-10-34)50-16-20-13-21(14-22(20)52-55(46)47)38-24-9-11-35-17-36-24/h9,11,17-23,26-27,31,43,55H,8,12-16H2,1-7H3,(H,46,47)(H,35,36,38)(H2,39,40,41,44,45)/t20-,21-,22+,23-,26?,27-,31-,56?/m1/s1. The van der Waals surface area contributed by atoms with Crippen LogP contribution in [-0.2, 0) is 41.2 Å². The zero-order valence-corrected chi connectivity index (χ0v) is 35.7. The number of rotatable bonds is 18. The number of phosphoric ester groups is 1. The molecule has 1 amide bonds. The van der Waals surface area contributed by atoms with Gasteiger partial charge < -0.3 is 29.0 Å². The normalized spacial score (nSPS) is 25.7. The Labute approximate surface area is 330 Å². The lowest BCUT2D eigenvalue weighted by molar-refractivity contribution is -0.118. The zero-order valence-electron chi connectivity index (χ0n) is 32.8. The number of amides is 1. The number of imidazole rings is 1. The summed E-state index contributed by atoms with van der Waals surface area (Å²) in [5.74, 6) is -1.06. The lowest BCUT2D eigenvalue weighted by Gasteiger charge is -2.40. The van der Waals surface area contributed by atoms with Crippen LogP contribution < -0.4 is 16.2 Å². The average Bonchev–Trinajstić information content (AvgIpc) is 3.82. The Morgan fingerprint density at radius 2 is 2.00 bits per heavy atom. The number of nitrogens with one attached hydrogen (secondary N) is 3. The van der Waals surface area contributed by atoms with Crippen LogP contribution in [0.4, 0.5) is 11.8 Å². The number of hydrogen-bond acceptors (Lipinski definition) is 17. The number of phosphoric acid groups is 1. The van der Waals surface area contributed by atoms with Crippen molar-refractivity contribution in [3.8, 4) is 6.07 Å². The fourth-order valence-electron chi connectivity index (χ4n) is 6.16. The summed E-state index contributed by atoms with van der Waals surface area (Å²) < 4.78 is 64.6. The zero-order chi connectivity index (χ0) is 41.7. The monoisotopic (exact) mass is 855 g/mol. The van der Waals surface area contributed by atoms with Crippen molar-refractivity contribution in [2.75, 3.05) is 30.5 Å². The Bertz CT molecular complexity index is 2030. The molecule has 57 heavy (non-hydrogen) atoms. The highest BCUT2D eigenvalue weighted by molar-refractivity contribution is 7.48. The van der Waals surface area contributed by atoms with E-state index in [-0.39, 0.29) is 54.2 Å². The summed E-state index contributed by atoms with van der Waals surface area (Å²) in [7, 11) is -10.8. The number of nitriles is 1. The highest BCUT2D eigenvalue weighted by Crippen LogP contribution is 2.56. The van der Waals surface area contributed by atoms with Crippen molar-refractivity contribution in [1.29, 1.82) is 5.26 Å². The number of carbonyl (C=O) groups excluding carboxylic acids is 1. The van der Waals surface area contributed by atoms with Crippen molar-refractivity contribution in [3.05, 3.63) is 35.3 Å². The number of aromatic amines is 1. The van der Waals surface area contributed by atoms with Crippen molar-refractivity contribution >= 4 is 53.2 Å². The number of ether oxygens (including phenoxy) is 1. The highest BCUT2D eigenvalue weighted by atomic mass is 31.2. The maximum Gasteiger partial charge on any atom is 0.475 e. The van der Waals surface area contributed by atoms with Gasteiger partial charge in [0.2, 0.25) is 11.9 Å². The molecule has 3 unspecified atom stereocenters. The van der Waals surface area contributed by atoms with Crippen molar-refractivity contribution in [1.82, 2.24) is 29.5 Å². The van der Waals surface area contributed by atoms with Crippen LogP contribution in [0.15, 0.2) is 29.7 Å². The number of aliphatic hydroxyl groups is 1. The van der Waals surface area contributed by atoms with Gasteiger partial charge in [0.15, 0.2) is 25.7 Å². The average molecular weight is 856 g/mol. The van der Waals surface area contributed by atoms with Gasteiger partial charge in [0.1, 0.15) is 30.5 Å². The molecule has 2 fully saturated rings. The Kier molecular flexibility index (Phi) is 14.6. The molecule has 1 aliphatic carbocycles. The summed E-state index contributed by atoms with van der Waals surface area (Å²) in [5.41, 5.74) is -0.810. The minimum Gasteiger partial charge on any atom is -0.408 e. The molecule has 24 heteroatoms. The number of fused-ring (bicyclic) bond motifs is 1. The quantitative estimate of drug-likeness (QED) is 0.0689. The van der Waals surface area contributed by atoms with Crippen LogP contribution in [0.1, 0.15) is 60.1 Å². The van der Waals surface area contributed by atoms with Crippen LogP contribution in [0.2, 0.25) is 18.1 Å². The van der Waals surface area contributed by atoms with Crippen LogP contribution in [-0.4, -0.2) is 104 Å². The molecule has 1 saturated heterocycles. The van der Waals surface area contributed by atoms with E-state index in [4.69, 9.17) is 27.3 Å². The fraction of sp³-hybridized carbons (Fsp3) is 0.667. The predicted octanol–water partition coefficient (Wildman–Crippen LogP) is 3.88. The van der Waals surface area contributed by atoms with E-state index in [1.54, 1.807) is 26.1 Å². The summed E-state index contributed by atoms with van der Waals surface area (Å²) in [5, 5.41) is 25.4. The third-order valence-electron chi connectivity index (χ3n) is 10.2. The van der Waals surface area contributed by atoms with Crippen molar-refractivity contribution in [3.63, 3.8) is 0 Å². The maximum absolute atomic E-state index is 14.8. The maximum atomic E-state index is 14.8. The first-order valence-corrected chi connectivity index (χ1v) is 24.1. The number of hydrogen-bond donors (Lipinski definition) is 5. The molecule has 5 rings (SSSR count). The van der Waals surface area contributed by atoms with E-state index in [2.05, 4.69) is 35.6 Å². The molecule has 5 N–H and O–H groups in total. The van der Waals surface area contributed by atoms with Gasteiger partial charge in [-0.3, -0.25) is 42.6 Å². The molecule has 4 heterocycles. The lowest BCUT2D eigenvalue weighted by Crippen LogP contribution is -2.50. The molecule has 1 aliphatic heterocycles. The Morgan fingerprint density at radius 3 is 2.63 bits per heavy atom. The van der Waals surface area contributed by atoms with E-state index in [0.717, 1.165) is 0 Å². The lowest BCUT2D eigenvalue weighted by atomic mass is 10.1. The number of aromatic nitrogens is 6. The van der Waals surface area contributed by atoms with Crippen LogP contribution in [0.5, 0.6) is 0 Å². The Hall–Kier alpha value is -3.45. The third-order valence-corrected chi connectivity index (χ3v) is 16.6. The van der Waals surface area contributed by atoms with E-state index >= 15 is 0 Å². The predicted molar refractivity (Wildman–Crippen MR) is 208 cm³/mol. The van der Waals surface area contributed by atoms with Crippen LogP contribution in [0.3, 0.4) is 0 Å². The summed E-state index contributed by atoms with van der Waals surface area (Å²) in [6.07, 6.45) is -1.01. The molecule has 0 radical (unpaired) electrons. The van der Waals surface area contributed by atoms with E-state index < -0.39 is 84.9 Å². The highest BCUT2D eigenvalue weighted by Gasteiger charge is 2.54. The van der Waals surface area contributed by atoms with Gasteiger partial charge >= 0.3 is 16.1 Å². The topological polar surface area (TPSA) is 284 Å². The molecule has 3 aromatic rings. The van der Waals surface area contributed by atoms with Gasteiger partial charge in [-0.2, -0.15) is 10.2 Å². The molecular formula is C33H51N9O12P2Si. The van der Waals surface area contributed by atoms with E-state index in [0.29, 0.717) is 12.2 Å². The molecular weight excluding hydrogens is 804 g/mol. The van der Waals surface area contributed by atoms with Crippen molar-refractivity contribution in [2.45, 2.75) is 109 Å². The summed E-state index contributed by atoms with van der Waals surface area (Å²) in [4.78, 5) is 54.6. The molecule has 9 atom stereocenters. The smallest absolute Gasteiger partial charge is 0.408 e. The van der Waals surface area contributed by atoms with Crippen molar-refractivity contribution in [2.24, 2.45) is 11.8 Å². The first kappa shape index (κ1) is 44.6. The molecule has 1 saturated carbocycles. The van der Waals surface area contributed by atoms with Gasteiger partial charge in [-0.15, -0.1) is 0 Å². The first-order valence-electron chi connectivity index (χ1n) is 18.4. The Morgan fingerprint density at radius 1 is 1.25 bits per heavy atom. The number of nitrogens with zero attached hydrogens (tertiary/aromatic N) is 6. The van der Waals surface area contributed by atoms with Gasteiger partial charge in [0.05, 0.1) is 44.7 Å². The number of H-pyrrole nitrogens is 1. The summed E-state index contributed by atoms with van der Waals surface area (Å²) >= 11 is 0. The minimum atomic E-state index is -4.71. The van der Waals surface area contributed by atoms with Gasteiger partial charge in [-0.25, -0.2) is 19.5 Å². The fourth-order valence-corrected chi connectivity index (χ4v) is 9.43. The van der Waals surface area contributed by atoms with Crippen LogP contribution in [0.25, 0.3) is 11.2 Å². The van der Waals surface area contributed by atoms with Gasteiger partial charge in [0, 0.05) is 24.1 Å². The molecule has 0 bridgehead atoms. The van der Waals surface area contributed by atoms with E-state index in [9.17, 15) is 34.0 Å². The number of carbonyl (C=O) groups is 1. The first-order chi connectivity index (χ1) is 26.8. The summed E-state index contributed by atoms with van der Waals surface area (Å²) in [6, 6.07) is 3.32. The van der Waals surface area contributed by atoms with Gasteiger partial charge in [-0.1, -0.05) is 34.6 Å². The van der Waals surface area contributed by atoms with Gasteiger partial charge in [-0.05, 0) is 37.0 Å². The number of aliphatic hydroxyl groups excluding tert-OH is 1. The van der Waals surface area contributed by atoms with E-state index in [1.807, 2.05) is 39.9 Å². The van der Waals surface area contributed by atoms with Gasteiger partial charge in [0.25, 0.3) is 5.56 Å². The van der Waals surface area contributed by atoms with E-state index in [1.165, 1.54) is 17.2 Å². The molecule has 314 valence electrons. The largest absolute Gasteiger partial charge is 0.475 e. The third kappa shape index (κ3) is 11.0. The summed E-state index contributed by atoms with van der Waals surface area (Å²) in [6.45, 7) is 12.1.